The molecule has 0 aliphatic carbocycles. The van der Waals surface area contributed by atoms with Gasteiger partial charge in [0.1, 0.15) is 5.69 Å². The van der Waals surface area contributed by atoms with Crippen LogP contribution in [0.4, 0.5) is 0 Å². The van der Waals surface area contributed by atoms with E-state index < -0.39 is 0 Å². The monoisotopic (exact) mass is 317 g/mol. The average Bonchev–Trinajstić information content (AvgIpc) is 2.61. The molecule has 0 amide bonds. The van der Waals surface area contributed by atoms with Gasteiger partial charge in [-0.3, -0.25) is 0 Å². The second kappa shape index (κ2) is 6.49. The fourth-order valence-electron chi connectivity index (χ4n) is 2.99. The Morgan fingerprint density at radius 2 is 2.00 bits per heavy atom. The molecule has 0 radical (unpaired) electrons. The zero-order valence-corrected chi connectivity index (χ0v) is 13.7. The van der Waals surface area contributed by atoms with Crippen LogP contribution in [-0.4, -0.2) is 21.6 Å². The first-order chi connectivity index (χ1) is 11.8. The largest absolute Gasteiger partial charge is 0.376 e. The van der Waals surface area contributed by atoms with E-state index in [1.165, 1.54) is 11.1 Å². The molecule has 0 bridgehead atoms. The lowest BCUT2D eigenvalue weighted by molar-refractivity contribution is 0.109. The minimum absolute atomic E-state index is 0.608. The first-order valence-electron chi connectivity index (χ1n) is 8.22. The first-order valence-corrected chi connectivity index (χ1v) is 8.22. The molecule has 0 spiro atoms. The van der Waals surface area contributed by atoms with Crippen molar-refractivity contribution in [1.82, 2.24) is 15.0 Å². The number of pyridine rings is 1. The van der Waals surface area contributed by atoms with Gasteiger partial charge in [0.25, 0.3) is 0 Å². The van der Waals surface area contributed by atoms with E-state index in [4.69, 9.17) is 14.7 Å². The molecule has 4 rings (SSSR count). The number of aromatic nitrogens is 3. The zero-order valence-electron chi connectivity index (χ0n) is 13.7. The molecule has 1 aliphatic rings. The van der Waals surface area contributed by atoms with Crippen molar-refractivity contribution in [2.24, 2.45) is 0 Å². The van der Waals surface area contributed by atoms with E-state index in [1.54, 1.807) is 0 Å². The molecule has 4 heteroatoms. The van der Waals surface area contributed by atoms with Gasteiger partial charge in [-0.1, -0.05) is 35.9 Å². The van der Waals surface area contributed by atoms with E-state index in [9.17, 15) is 0 Å². The molecule has 4 nitrogen and oxygen atoms in total. The third-order valence-corrected chi connectivity index (χ3v) is 4.20. The Morgan fingerprint density at radius 3 is 2.92 bits per heavy atom. The fourth-order valence-corrected chi connectivity index (χ4v) is 2.99. The maximum Gasteiger partial charge on any atom is 0.178 e. The summed E-state index contributed by atoms with van der Waals surface area (Å²) in [5, 5.41) is 0. The van der Waals surface area contributed by atoms with Crippen LogP contribution in [0.15, 0.2) is 48.7 Å². The number of rotatable bonds is 3. The van der Waals surface area contributed by atoms with E-state index in [1.807, 2.05) is 18.3 Å². The SMILES string of the molecule is Cc1cccc(Cc2cccc(-c3ncc4c(n3)CCOC4)n2)c1. The summed E-state index contributed by atoms with van der Waals surface area (Å²) in [4.78, 5) is 13.9. The van der Waals surface area contributed by atoms with Gasteiger partial charge in [0.15, 0.2) is 5.82 Å². The van der Waals surface area contributed by atoms with Gasteiger partial charge in [0.2, 0.25) is 0 Å². The highest BCUT2D eigenvalue weighted by molar-refractivity contribution is 5.50. The van der Waals surface area contributed by atoms with Crippen LogP contribution in [0.3, 0.4) is 0 Å². The molecule has 0 fully saturated rings. The lowest BCUT2D eigenvalue weighted by Gasteiger charge is -2.15. The van der Waals surface area contributed by atoms with Crippen molar-refractivity contribution in [3.05, 3.63) is 76.7 Å². The maximum absolute atomic E-state index is 5.44. The lowest BCUT2D eigenvalue weighted by atomic mass is 10.1. The van der Waals surface area contributed by atoms with E-state index in [0.29, 0.717) is 12.4 Å². The molecule has 1 aromatic carbocycles. The molecule has 2 aromatic heterocycles. The number of hydrogen-bond acceptors (Lipinski definition) is 4. The summed E-state index contributed by atoms with van der Waals surface area (Å²) in [6, 6.07) is 14.6. The molecule has 120 valence electrons. The van der Waals surface area contributed by atoms with Crippen LogP contribution < -0.4 is 0 Å². The van der Waals surface area contributed by atoms with Crippen molar-refractivity contribution in [3.8, 4) is 11.5 Å². The number of benzene rings is 1. The van der Waals surface area contributed by atoms with Crippen LogP contribution in [-0.2, 0) is 24.2 Å². The van der Waals surface area contributed by atoms with Gasteiger partial charge in [-0.2, -0.15) is 0 Å². The maximum atomic E-state index is 5.44. The summed E-state index contributed by atoms with van der Waals surface area (Å²) in [6.45, 7) is 3.44. The topological polar surface area (TPSA) is 47.9 Å². The second-order valence-electron chi connectivity index (χ2n) is 6.15. The summed E-state index contributed by atoms with van der Waals surface area (Å²) in [6.07, 6.45) is 3.52. The van der Waals surface area contributed by atoms with Gasteiger partial charge >= 0.3 is 0 Å². The Kier molecular flexibility index (Phi) is 4.05. The quantitative estimate of drug-likeness (QED) is 0.741. The molecule has 3 heterocycles. The Bertz CT molecular complexity index is 876. The first kappa shape index (κ1) is 15.0. The minimum atomic E-state index is 0.608. The molecule has 0 saturated carbocycles. The molecule has 0 saturated heterocycles. The number of nitrogens with zero attached hydrogens (tertiary/aromatic N) is 3. The fraction of sp³-hybridized carbons (Fsp3) is 0.250. The predicted octanol–water partition coefficient (Wildman–Crippen LogP) is 3.51. The van der Waals surface area contributed by atoms with Crippen LogP contribution in [0, 0.1) is 6.92 Å². The van der Waals surface area contributed by atoms with E-state index in [0.717, 1.165) is 42.1 Å². The predicted molar refractivity (Wildman–Crippen MR) is 92.6 cm³/mol. The highest BCUT2D eigenvalue weighted by atomic mass is 16.5. The van der Waals surface area contributed by atoms with Gasteiger partial charge in [-0.05, 0) is 24.6 Å². The van der Waals surface area contributed by atoms with Crippen molar-refractivity contribution in [3.63, 3.8) is 0 Å². The lowest BCUT2D eigenvalue weighted by Crippen LogP contribution is -2.13. The summed E-state index contributed by atoms with van der Waals surface area (Å²) >= 11 is 0. The summed E-state index contributed by atoms with van der Waals surface area (Å²) in [5.74, 6) is 0.696. The number of hydrogen-bond donors (Lipinski definition) is 0. The highest BCUT2D eigenvalue weighted by Crippen LogP contribution is 2.19. The van der Waals surface area contributed by atoms with Crippen molar-refractivity contribution in [1.29, 1.82) is 0 Å². The van der Waals surface area contributed by atoms with Crippen molar-refractivity contribution in [2.75, 3.05) is 6.61 Å². The van der Waals surface area contributed by atoms with Crippen LogP contribution in [0.25, 0.3) is 11.5 Å². The van der Waals surface area contributed by atoms with Gasteiger partial charge in [-0.25, -0.2) is 15.0 Å². The van der Waals surface area contributed by atoms with E-state index in [2.05, 4.69) is 42.2 Å². The molecule has 0 atom stereocenters. The molecule has 3 aromatic rings. The number of fused-ring (bicyclic) bond motifs is 1. The van der Waals surface area contributed by atoms with Crippen molar-refractivity contribution < 1.29 is 4.74 Å². The Morgan fingerprint density at radius 1 is 1.08 bits per heavy atom. The second-order valence-corrected chi connectivity index (χ2v) is 6.15. The van der Waals surface area contributed by atoms with Crippen molar-refractivity contribution >= 4 is 0 Å². The van der Waals surface area contributed by atoms with Gasteiger partial charge in [-0.15, -0.1) is 0 Å². The Hall–Kier alpha value is -2.59. The van der Waals surface area contributed by atoms with Crippen LogP contribution in [0.2, 0.25) is 0 Å². The van der Waals surface area contributed by atoms with Gasteiger partial charge in [0.05, 0.1) is 18.9 Å². The molecule has 0 N–H and O–H groups in total. The van der Waals surface area contributed by atoms with Crippen molar-refractivity contribution in [2.45, 2.75) is 26.4 Å². The third-order valence-electron chi connectivity index (χ3n) is 4.20. The van der Waals surface area contributed by atoms with Crippen LogP contribution >= 0.6 is 0 Å². The summed E-state index contributed by atoms with van der Waals surface area (Å²) in [7, 11) is 0. The van der Waals surface area contributed by atoms with Gasteiger partial charge < -0.3 is 4.74 Å². The van der Waals surface area contributed by atoms with Crippen LogP contribution in [0.5, 0.6) is 0 Å². The smallest absolute Gasteiger partial charge is 0.178 e. The Balaban J connectivity index is 1.63. The Labute approximate surface area is 141 Å². The number of aryl methyl sites for hydroxylation is 1. The third kappa shape index (κ3) is 3.19. The highest BCUT2D eigenvalue weighted by Gasteiger charge is 2.14. The van der Waals surface area contributed by atoms with Gasteiger partial charge in [0, 0.05) is 30.3 Å². The van der Waals surface area contributed by atoms with E-state index >= 15 is 0 Å². The number of ether oxygens (including phenoxy) is 1. The molecule has 0 unspecified atom stereocenters. The molecule has 24 heavy (non-hydrogen) atoms. The van der Waals surface area contributed by atoms with Crippen LogP contribution in [0.1, 0.15) is 28.1 Å². The average molecular weight is 317 g/mol. The normalized spacial score (nSPS) is 13.5. The summed E-state index contributed by atoms with van der Waals surface area (Å²) < 4.78 is 5.44. The van der Waals surface area contributed by atoms with E-state index in [-0.39, 0.29) is 0 Å². The molecular formula is C20H19N3O. The summed E-state index contributed by atoms with van der Waals surface area (Å²) in [5.41, 5.74) is 6.56. The minimum Gasteiger partial charge on any atom is -0.376 e. The zero-order chi connectivity index (χ0) is 16.4. The molecule has 1 aliphatic heterocycles. The standard InChI is InChI=1S/C20H19N3O/c1-14-4-2-5-15(10-14)11-17-6-3-7-19(22-17)20-21-12-16-13-24-9-8-18(16)23-20/h2-7,10,12H,8-9,11,13H2,1H3. The molecular weight excluding hydrogens is 298 g/mol.